The van der Waals surface area contributed by atoms with Crippen LogP contribution in [0, 0.1) is 29.1 Å². The van der Waals surface area contributed by atoms with E-state index in [2.05, 4.69) is 68.4 Å². The fourth-order valence-corrected chi connectivity index (χ4v) is 15.0. The van der Waals surface area contributed by atoms with Crippen LogP contribution in [0.2, 0.25) is 16.6 Å². The SMILES string of the molecule is CO[C@]12CCC=C3[C@H](C)C[C@@H]4[C@H]([C@H](C[C@H](O[Si](C(C)C)(C(C)C)C(C)C)C1)[C@]32O)C4(C)C. The number of ether oxygens (including phenoxy) is 1. The van der Waals surface area contributed by atoms with Gasteiger partial charge in [0.1, 0.15) is 11.2 Å². The molecule has 32 heavy (non-hydrogen) atoms. The average Bonchev–Trinajstić information content (AvgIpc) is 3.25. The highest BCUT2D eigenvalue weighted by atomic mass is 28.4. The summed E-state index contributed by atoms with van der Waals surface area (Å²) in [4.78, 5) is 0. The summed E-state index contributed by atoms with van der Waals surface area (Å²) < 4.78 is 13.8. The summed E-state index contributed by atoms with van der Waals surface area (Å²) in [7, 11) is -0.154. The Balaban J connectivity index is 1.78. The van der Waals surface area contributed by atoms with Gasteiger partial charge in [-0.25, -0.2) is 0 Å². The van der Waals surface area contributed by atoms with E-state index in [0.29, 0.717) is 39.8 Å². The summed E-state index contributed by atoms with van der Waals surface area (Å²) in [5.74, 6) is 1.93. The van der Waals surface area contributed by atoms with Gasteiger partial charge in [0.25, 0.3) is 0 Å². The molecule has 0 amide bonds. The van der Waals surface area contributed by atoms with Crippen molar-refractivity contribution < 1.29 is 14.3 Å². The van der Waals surface area contributed by atoms with Crippen LogP contribution in [-0.2, 0) is 9.16 Å². The molecular weight excluding hydrogens is 412 g/mol. The monoisotopic (exact) mass is 462 g/mol. The quantitative estimate of drug-likeness (QED) is 0.338. The summed E-state index contributed by atoms with van der Waals surface area (Å²) in [6.07, 6.45) is 7.50. The molecule has 0 bridgehead atoms. The summed E-state index contributed by atoms with van der Waals surface area (Å²) >= 11 is 0. The number of allylic oxidation sites excluding steroid dienone is 1. The standard InChI is InChI=1S/C28H50O3Si/c1-17(2)32(18(3)4,19(5)6)31-21-15-24-25-23(26(25,8)9)14-20(7)22-12-11-13-27(16-21,30-10)28(22,24)29/h12,17-21,23-25,29H,11,13-16H2,1-10H3/t20-,21+,23-,24+,25-,27-,28-/m1/s1. The molecule has 7 atom stereocenters. The van der Waals surface area contributed by atoms with E-state index in [9.17, 15) is 5.11 Å². The van der Waals surface area contributed by atoms with Gasteiger partial charge in [-0.05, 0) is 71.0 Å². The highest BCUT2D eigenvalue weighted by Crippen LogP contribution is 2.73. The first-order valence-electron chi connectivity index (χ1n) is 13.4. The normalized spacial score (nSPS) is 43.1. The van der Waals surface area contributed by atoms with Gasteiger partial charge in [0.2, 0.25) is 8.32 Å². The molecule has 0 radical (unpaired) electrons. The molecular formula is C28H50O3Si. The highest BCUT2D eigenvalue weighted by molar-refractivity contribution is 6.77. The van der Waals surface area contributed by atoms with Crippen molar-refractivity contribution in [1.82, 2.24) is 0 Å². The first-order valence-corrected chi connectivity index (χ1v) is 15.6. The molecule has 184 valence electrons. The second kappa shape index (κ2) is 7.93. The predicted molar refractivity (Wildman–Crippen MR) is 135 cm³/mol. The van der Waals surface area contributed by atoms with Crippen molar-refractivity contribution in [2.45, 2.75) is 128 Å². The maximum atomic E-state index is 12.7. The summed E-state index contributed by atoms with van der Waals surface area (Å²) in [5, 5.41) is 12.7. The molecule has 1 N–H and O–H groups in total. The summed E-state index contributed by atoms with van der Waals surface area (Å²) in [6.45, 7) is 21.5. The van der Waals surface area contributed by atoms with Gasteiger partial charge in [-0.3, -0.25) is 0 Å². The molecule has 4 aliphatic carbocycles. The molecule has 4 heteroatoms. The van der Waals surface area contributed by atoms with E-state index < -0.39 is 19.5 Å². The number of fused-ring (bicyclic) bond motifs is 2. The van der Waals surface area contributed by atoms with Crippen LogP contribution in [0.1, 0.15) is 94.4 Å². The van der Waals surface area contributed by atoms with Crippen molar-refractivity contribution in [3.63, 3.8) is 0 Å². The Morgan fingerprint density at radius 2 is 1.59 bits per heavy atom. The van der Waals surface area contributed by atoms with Crippen molar-refractivity contribution >= 4 is 8.32 Å². The molecule has 4 rings (SSSR count). The third-order valence-corrected chi connectivity index (χ3v) is 17.0. The van der Waals surface area contributed by atoms with Crippen LogP contribution in [-0.4, -0.2) is 37.8 Å². The Bertz CT molecular complexity index is 734. The van der Waals surface area contributed by atoms with Gasteiger partial charge in [-0.15, -0.1) is 0 Å². The number of aliphatic hydroxyl groups is 1. The molecule has 3 nitrogen and oxygen atoms in total. The Morgan fingerprint density at radius 3 is 2.12 bits per heavy atom. The smallest absolute Gasteiger partial charge is 0.200 e. The van der Waals surface area contributed by atoms with Crippen molar-refractivity contribution in [3.8, 4) is 0 Å². The largest absolute Gasteiger partial charge is 0.413 e. The van der Waals surface area contributed by atoms with Gasteiger partial charge in [-0.2, -0.15) is 0 Å². The van der Waals surface area contributed by atoms with E-state index >= 15 is 0 Å². The minimum absolute atomic E-state index is 0.184. The number of hydrogen-bond donors (Lipinski definition) is 1. The van der Waals surface area contributed by atoms with Crippen molar-refractivity contribution in [2.24, 2.45) is 29.1 Å². The first-order chi connectivity index (χ1) is 14.8. The molecule has 0 unspecified atom stereocenters. The molecule has 0 aliphatic heterocycles. The molecule has 0 spiro atoms. The predicted octanol–water partition coefficient (Wildman–Crippen LogP) is 7.11. The van der Waals surface area contributed by atoms with Crippen LogP contribution in [0.5, 0.6) is 0 Å². The average molecular weight is 463 g/mol. The van der Waals surface area contributed by atoms with Crippen LogP contribution < -0.4 is 0 Å². The second-order valence-electron chi connectivity index (χ2n) is 13.4. The Labute approximate surface area is 198 Å². The number of methoxy groups -OCH3 is 1. The second-order valence-corrected chi connectivity index (χ2v) is 18.8. The molecule has 0 aromatic carbocycles. The first kappa shape index (κ1) is 24.9. The lowest BCUT2D eigenvalue weighted by molar-refractivity contribution is -0.228. The van der Waals surface area contributed by atoms with Gasteiger partial charge in [-0.1, -0.05) is 68.4 Å². The van der Waals surface area contributed by atoms with Crippen LogP contribution in [0.25, 0.3) is 0 Å². The van der Waals surface area contributed by atoms with Crippen molar-refractivity contribution in [2.75, 3.05) is 7.11 Å². The molecule has 0 heterocycles. The molecule has 3 fully saturated rings. The van der Waals surface area contributed by atoms with E-state index in [1.54, 1.807) is 0 Å². The van der Waals surface area contributed by atoms with E-state index in [1.165, 1.54) is 12.0 Å². The fraction of sp³-hybridized carbons (Fsp3) is 0.929. The fourth-order valence-electron chi connectivity index (χ4n) is 9.44. The summed E-state index contributed by atoms with van der Waals surface area (Å²) in [6, 6.07) is 0. The summed E-state index contributed by atoms with van der Waals surface area (Å²) in [5.41, 5.74) is 1.95. The van der Waals surface area contributed by atoms with Crippen molar-refractivity contribution in [1.29, 1.82) is 0 Å². The van der Waals surface area contributed by atoms with Crippen LogP contribution in [0.3, 0.4) is 0 Å². The third-order valence-electron chi connectivity index (χ3n) is 10.8. The number of rotatable bonds is 6. The molecule has 0 saturated heterocycles. The molecule has 0 aromatic rings. The molecule has 4 aliphatic rings. The van der Waals surface area contributed by atoms with Gasteiger partial charge < -0.3 is 14.3 Å². The molecule has 3 saturated carbocycles. The van der Waals surface area contributed by atoms with E-state index in [-0.39, 0.29) is 12.0 Å². The Morgan fingerprint density at radius 1 is 1.00 bits per heavy atom. The van der Waals surface area contributed by atoms with E-state index in [1.807, 2.05) is 7.11 Å². The lowest BCUT2D eigenvalue weighted by atomic mass is 9.54. The Kier molecular flexibility index (Phi) is 6.18. The van der Waals surface area contributed by atoms with Crippen LogP contribution >= 0.6 is 0 Å². The third kappa shape index (κ3) is 3.14. The van der Waals surface area contributed by atoms with Gasteiger partial charge >= 0.3 is 0 Å². The zero-order chi connectivity index (χ0) is 23.9. The highest BCUT2D eigenvalue weighted by Gasteiger charge is 2.74. The maximum absolute atomic E-state index is 12.7. The van der Waals surface area contributed by atoms with E-state index in [0.717, 1.165) is 25.7 Å². The minimum atomic E-state index is -2.00. The van der Waals surface area contributed by atoms with Crippen molar-refractivity contribution in [3.05, 3.63) is 11.6 Å². The lowest BCUT2D eigenvalue weighted by Crippen LogP contribution is -2.68. The topological polar surface area (TPSA) is 38.7 Å². The zero-order valence-corrected chi connectivity index (χ0v) is 23.5. The van der Waals surface area contributed by atoms with Gasteiger partial charge in [0.05, 0.1) is 0 Å². The van der Waals surface area contributed by atoms with Gasteiger partial charge in [0, 0.05) is 25.6 Å². The minimum Gasteiger partial charge on any atom is -0.413 e. The Hall–Kier alpha value is -0.163. The zero-order valence-electron chi connectivity index (χ0n) is 22.5. The van der Waals surface area contributed by atoms with E-state index in [4.69, 9.17) is 9.16 Å². The van der Waals surface area contributed by atoms with Gasteiger partial charge in [0.15, 0.2) is 0 Å². The lowest BCUT2D eigenvalue weighted by Gasteiger charge is -2.60. The van der Waals surface area contributed by atoms with Crippen LogP contribution in [0.4, 0.5) is 0 Å². The molecule has 0 aromatic heterocycles. The number of hydrogen-bond acceptors (Lipinski definition) is 3. The maximum Gasteiger partial charge on any atom is 0.200 e. The van der Waals surface area contributed by atoms with Crippen LogP contribution in [0.15, 0.2) is 11.6 Å².